The molecule has 0 saturated heterocycles. The van der Waals surface area contributed by atoms with E-state index in [-0.39, 0.29) is 4.90 Å². The van der Waals surface area contributed by atoms with Gasteiger partial charge < -0.3 is 9.30 Å². The van der Waals surface area contributed by atoms with Crippen LogP contribution in [-0.4, -0.2) is 24.6 Å². The van der Waals surface area contributed by atoms with Crippen molar-refractivity contribution < 1.29 is 13.2 Å². The summed E-state index contributed by atoms with van der Waals surface area (Å²) in [6, 6.07) is 4.74. The summed E-state index contributed by atoms with van der Waals surface area (Å²) < 4.78 is 30.1. The maximum atomic E-state index is 11.3. The van der Waals surface area contributed by atoms with Crippen molar-refractivity contribution in [3.63, 3.8) is 0 Å². The van der Waals surface area contributed by atoms with Gasteiger partial charge in [-0.25, -0.2) is 13.4 Å². The quantitative estimate of drug-likeness (QED) is 0.607. The summed E-state index contributed by atoms with van der Waals surface area (Å²) in [6.45, 7) is 3.06. The summed E-state index contributed by atoms with van der Waals surface area (Å²) in [4.78, 5) is 4.07. The Morgan fingerprint density at radius 3 is 2.80 bits per heavy atom. The van der Waals surface area contributed by atoms with Gasteiger partial charge in [0.2, 0.25) is 0 Å². The van der Waals surface area contributed by atoms with Crippen LogP contribution in [0.2, 0.25) is 0 Å². The number of halogens is 1. The van der Waals surface area contributed by atoms with E-state index in [1.165, 1.54) is 6.07 Å². The van der Waals surface area contributed by atoms with Gasteiger partial charge in [0, 0.05) is 29.6 Å². The van der Waals surface area contributed by atoms with E-state index < -0.39 is 9.05 Å². The molecule has 5 nitrogen and oxygen atoms in total. The summed E-state index contributed by atoms with van der Waals surface area (Å²) in [6.07, 6.45) is 6.22. The number of benzene rings is 1. The lowest BCUT2D eigenvalue weighted by Crippen LogP contribution is -2.03. The van der Waals surface area contributed by atoms with Crippen molar-refractivity contribution in [2.45, 2.75) is 24.8 Å². The van der Waals surface area contributed by atoms with E-state index >= 15 is 0 Å². The molecule has 0 fully saturated rings. The second-order valence-corrected chi connectivity index (χ2v) is 6.90. The molecule has 7 heteroatoms. The molecule has 0 N–H and O–H groups in total. The highest BCUT2D eigenvalue weighted by Crippen LogP contribution is 2.23. The Labute approximate surface area is 122 Å². The van der Waals surface area contributed by atoms with Gasteiger partial charge >= 0.3 is 0 Å². The Balaban J connectivity index is 1.89. The lowest BCUT2D eigenvalue weighted by molar-refractivity contribution is 0.301. The van der Waals surface area contributed by atoms with Crippen molar-refractivity contribution in [3.05, 3.63) is 42.5 Å². The molecule has 0 unspecified atom stereocenters. The van der Waals surface area contributed by atoms with Gasteiger partial charge in [-0.2, -0.15) is 0 Å². The number of imidazole rings is 1. The fourth-order valence-electron chi connectivity index (χ4n) is 1.84. The molecule has 0 spiro atoms. The molecule has 0 bridgehead atoms. The minimum Gasteiger partial charge on any atom is -0.494 e. The monoisotopic (exact) mass is 314 g/mol. The first-order valence-electron chi connectivity index (χ1n) is 6.10. The first kappa shape index (κ1) is 14.9. The number of rotatable bonds is 6. The highest BCUT2D eigenvalue weighted by molar-refractivity contribution is 8.13. The molecule has 0 aliphatic carbocycles. The van der Waals surface area contributed by atoms with E-state index in [1.54, 1.807) is 31.6 Å². The maximum absolute atomic E-state index is 11.3. The third-order valence-electron chi connectivity index (χ3n) is 2.80. The zero-order valence-corrected chi connectivity index (χ0v) is 12.6. The van der Waals surface area contributed by atoms with E-state index in [1.807, 2.05) is 10.8 Å². The third-order valence-corrected chi connectivity index (χ3v) is 4.28. The summed E-state index contributed by atoms with van der Waals surface area (Å²) in [7, 11) is 1.62. The molecule has 20 heavy (non-hydrogen) atoms. The van der Waals surface area contributed by atoms with Crippen molar-refractivity contribution in [3.8, 4) is 5.75 Å². The van der Waals surface area contributed by atoms with Gasteiger partial charge in [0.1, 0.15) is 5.75 Å². The van der Waals surface area contributed by atoms with Crippen LogP contribution < -0.4 is 4.74 Å². The van der Waals surface area contributed by atoms with Crippen LogP contribution in [0.5, 0.6) is 5.75 Å². The van der Waals surface area contributed by atoms with E-state index in [4.69, 9.17) is 15.4 Å². The summed E-state index contributed by atoms with van der Waals surface area (Å²) in [5, 5.41) is 0. The van der Waals surface area contributed by atoms with Gasteiger partial charge in [-0.05, 0) is 37.1 Å². The maximum Gasteiger partial charge on any atom is 0.261 e. The minimum atomic E-state index is -3.70. The molecule has 0 aliphatic heterocycles. The van der Waals surface area contributed by atoms with Crippen LogP contribution in [0.25, 0.3) is 0 Å². The number of aromatic nitrogens is 2. The predicted molar refractivity (Wildman–Crippen MR) is 76.6 cm³/mol. The van der Waals surface area contributed by atoms with Crippen molar-refractivity contribution in [1.82, 2.24) is 9.55 Å². The second-order valence-electron chi connectivity index (χ2n) is 4.37. The third kappa shape index (κ3) is 3.98. The van der Waals surface area contributed by atoms with Gasteiger partial charge in [-0.3, -0.25) is 0 Å². The van der Waals surface area contributed by atoms with Gasteiger partial charge in [-0.1, -0.05) is 0 Å². The molecule has 108 valence electrons. The molecule has 1 aromatic carbocycles. The molecule has 0 saturated carbocycles. The van der Waals surface area contributed by atoms with E-state index in [0.29, 0.717) is 17.9 Å². The molecule has 0 radical (unpaired) electrons. The molecular formula is C13H15ClN2O3S. The van der Waals surface area contributed by atoms with Gasteiger partial charge in [0.15, 0.2) is 0 Å². The van der Waals surface area contributed by atoms with Crippen LogP contribution in [-0.2, 0) is 15.6 Å². The van der Waals surface area contributed by atoms with Crippen molar-refractivity contribution in [1.29, 1.82) is 0 Å². The van der Waals surface area contributed by atoms with Crippen LogP contribution in [0.15, 0.2) is 41.8 Å². The van der Waals surface area contributed by atoms with E-state index in [2.05, 4.69) is 4.98 Å². The van der Waals surface area contributed by atoms with Gasteiger partial charge in [0.05, 0.1) is 17.8 Å². The van der Waals surface area contributed by atoms with E-state index in [9.17, 15) is 8.42 Å². The molecule has 0 aliphatic rings. The van der Waals surface area contributed by atoms with Crippen molar-refractivity contribution in [2.75, 3.05) is 6.61 Å². The number of hydrogen-bond acceptors (Lipinski definition) is 4. The Hall–Kier alpha value is -1.53. The normalized spacial score (nSPS) is 11.5. The predicted octanol–water partition coefficient (Wildman–Crippen LogP) is 2.59. The molecule has 0 amide bonds. The van der Waals surface area contributed by atoms with Crippen LogP contribution >= 0.6 is 10.7 Å². The van der Waals surface area contributed by atoms with Gasteiger partial charge in [-0.15, -0.1) is 0 Å². The highest BCUT2D eigenvalue weighted by Gasteiger charge is 2.13. The van der Waals surface area contributed by atoms with E-state index in [0.717, 1.165) is 13.0 Å². The lowest BCUT2D eigenvalue weighted by Gasteiger charge is -2.09. The Bertz CT molecular complexity index is 669. The second kappa shape index (κ2) is 6.28. The molecular weight excluding hydrogens is 300 g/mol. The zero-order chi connectivity index (χ0) is 14.6. The van der Waals surface area contributed by atoms with Crippen LogP contribution in [0.3, 0.4) is 0 Å². The fourth-order valence-corrected chi connectivity index (χ4v) is 3.03. The van der Waals surface area contributed by atoms with Crippen molar-refractivity contribution in [2.24, 2.45) is 0 Å². The highest BCUT2D eigenvalue weighted by atomic mass is 35.7. The average Bonchev–Trinajstić information content (AvgIpc) is 2.86. The summed E-state index contributed by atoms with van der Waals surface area (Å²) in [5.74, 6) is 0.636. The molecule has 0 atom stereocenters. The molecule has 1 aromatic heterocycles. The smallest absolute Gasteiger partial charge is 0.261 e. The first-order valence-corrected chi connectivity index (χ1v) is 8.41. The Morgan fingerprint density at radius 1 is 1.40 bits per heavy atom. The number of nitrogens with zero attached hydrogens (tertiary/aromatic N) is 2. The lowest BCUT2D eigenvalue weighted by atomic mass is 10.2. The van der Waals surface area contributed by atoms with Crippen LogP contribution in [0.1, 0.15) is 12.0 Å². The number of hydrogen-bond donors (Lipinski definition) is 0. The van der Waals surface area contributed by atoms with Crippen molar-refractivity contribution >= 4 is 19.7 Å². The Kier molecular flexibility index (Phi) is 4.67. The topological polar surface area (TPSA) is 61.2 Å². The van der Waals surface area contributed by atoms with Crippen LogP contribution in [0, 0.1) is 6.92 Å². The fraction of sp³-hybridized carbons (Fsp3) is 0.308. The SMILES string of the molecule is Cc1cc(OCCCn2ccnc2)ccc1S(=O)(=O)Cl. The number of aryl methyl sites for hydroxylation is 2. The minimum absolute atomic E-state index is 0.116. The number of ether oxygens (including phenoxy) is 1. The average molecular weight is 315 g/mol. The standard InChI is InChI=1S/C13H15ClN2O3S/c1-11-9-12(3-4-13(11)20(14,17)18)19-8-2-6-16-7-5-15-10-16/h3-5,7,9-10H,2,6,8H2,1H3. The van der Waals surface area contributed by atoms with Gasteiger partial charge in [0.25, 0.3) is 9.05 Å². The summed E-state index contributed by atoms with van der Waals surface area (Å²) >= 11 is 0. The first-order chi connectivity index (χ1) is 9.47. The largest absolute Gasteiger partial charge is 0.494 e. The zero-order valence-electron chi connectivity index (χ0n) is 11.0. The Morgan fingerprint density at radius 2 is 2.20 bits per heavy atom. The summed E-state index contributed by atoms with van der Waals surface area (Å²) in [5.41, 5.74) is 0.576. The molecule has 1 heterocycles. The van der Waals surface area contributed by atoms with Crippen LogP contribution in [0.4, 0.5) is 0 Å². The molecule has 2 aromatic rings. The molecule has 2 rings (SSSR count).